The Bertz CT molecular complexity index is 452. The third kappa shape index (κ3) is 3.63. The Morgan fingerprint density at radius 1 is 1.40 bits per heavy atom. The van der Waals surface area contributed by atoms with E-state index in [2.05, 4.69) is 50.6 Å². The van der Waals surface area contributed by atoms with Crippen LogP contribution < -0.4 is 5.32 Å². The normalized spacial score (nSPS) is 14.1. The molecule has 4 nitrogen and oxygen atoms in total. The number of esters is 1. The molecule has 0 bridgehead atoms. The Morgan fingerprint density at radius 2 is 2.05 bits per heavy atom. The Labute approximate surface area is 122 Å². The first-order valence-electron chi connectivity index (χ1n) is 7.42. The summed E-state index contributed by atoms with van der Waals surface area (Å²) in [5.74, 6) is 0.0840. The molecular formula is C16H28N2O2. The summed E-state index contributed by atoms with van der Waals surface area (Å²) in [6.07, 6.45) is 0.945. The maximum Gasteiger partial charge on any atom is 0.323 e. The summed E-state index contributed by atoms with van der Waals surface area (Å²) in [6.45, 7) is 12.2. The van der Waals surface area contributed by atoms with E-state index in [0.717, 1.165) is 13.0 Å². The first kappa shape index (κ1) is 16.8. The second kappa shape index (κ2) is 7.48. The van der Waals surface area contributed by atoms with Crippen molar-refractivity contribution in [1.29, 1.82) is 0 Å². The first-order valence-corrected chi connectivity index (χ1v) is 7.42. The zero-order chi connectivity index (χ0) is 15.3. The summed E-state index contributed by atoms with van der Waals surface area (Å²) in [6, 6.07) is 1.95. The van der Waals surface area contributed by atoms with Crippen LogP contribution in [0.25, 0.3) is 0 Å². The van der Waals surface area contributed by atoms with Crippen LogP contribution in [0.15, 0.2) is 6.07 Å². The molecule has 0 aliphatic carbocycles. The van der Waals surface area contributed by atoms with Gasteiger partial charge in [0.05, 0.1) is 7.11 Å². The molecule has 20 heavy (non-hydrogen) atoms. The molecule has 0 aliphatic rings. The number of carbonyl (C=O) groups excluding carboxylic acids is 1. The van der Waals surface area contributed by atoms with E-state index >= 15 is 0 Å². The van der Waals surface area contributed by atoms with Gasteiger partial charge in [-0.3, -0.25) is 4.79 Å². The van der Waals surface area contributed by atoms with Crippen molar-refractivity contribution in [3.63, 3.8) is 0 Å². The van der Waals surface area contributed by atoms with Crippen LogP contribution in [0, 0.1) is 19.8 Å². The maximum atomic E-state index is 11.9. The van der Waals surface area contributed by atoms with E-state index < -0.39 is 0 Å². The van der Waals surface area contributed by atoms with Crippen molar-refractivity contribution in [3.05, 3.63) is 23.0 Å². The molecule has 1 rings (SSSR count). The SMILES string of the molecule is CCC(C)C(NCc1cc(C)n(CC)c1C)C(=O)OC. The summed E-state index contributed by atoms with van der Waals surface area (Å²) < 4.78 is 7.18. The van der Waals surface area contributed by atoms with Gasteiger partial charge in [0.2, 0.25) is 0 Å². The molecule has 1 heterocycles. The predicted octanol–water partition coefficient (Wildman–Crippen LogP) is 2.80. The van der Waals surface area contributed by atoms with Gasteiger partial charge in [0.25, 0.3) is 0 Å². The van der Waals surface area contributed by atoms with E-state index in [1.807, 2.05) is 0 Å². The number of hydrogen-bond donors (Lipinski definition) is 1. The van der Waals surface area contributed by atoms with Gasteiger partial charge < -0.3 is 14.6 Å². The van der Waals surface area contributed by atoms with Crippen molar-refractivity contribution < 1.29 is 9.53 Å². The highest BCUT2D eigenvalue weighted by atomic mass is 16.5. The Balaban J connectivity index is 2.80. The number of nitrogens with zero attached hydrogens (tertiary/aromatic N) is 1. The van der Waals surface area contributed by atoms with Crippen molar-refractivity contribution in [2.45, 2.75) is 60.2 Å². The molecule has 4 heteroatoms. The number of ether oxygens (including phenoxy) is 1. The standard InChI is InChI=1S/C16H28N2O2/c1-7-11(3)15(16(19)20-6)17-10-14-9-12(4)18(8-2)13(14)5/h9,11,15,17H,7-8,10H2,1-6H3. The summed E-state index contributed by atoms with van der Waals surface area (Å²) >= 11 is 0. The number of rotatable bonds is 7. The van der Waals surface area contributed by atoms with Gasteiger partial charge in [-0.2, -0.15) is 0 Å². The van der Waals surface area contributed by atoms with Crippen molar-refractivity contribution in [2.75, 3.05) is 7.11 Å². The smallest absolute Gasteiger partial charge is 0.323 e. The lowest BCUT2D eigenvalue weighted by Crippen LogP contribution is -2.42. The van der Waals surface area contributed by atoms with E-state index in [1.165, 1.54) is 24.1 Å². The molecule has 0 fully saturated rings. The van der Waals surface area contributed by atoms with Crippen molar-refractivity contribution in [3.8, 4) is 0 Å². The third-order valence-corrected chi connectivity index (χ3v) is 4.18. The minimum Gasteiger partial charge on any atom is -0.468 e. The maximum absolute atomic E-state index is 11.9. The predicted molar refractivity (Wildman–Crippen MR) is 81.7 cm³/mol. The molecule has 0 saturated carbocycles. The molecule has 0 spiro atoms. The largest absolute Gasteiger partial charge is 0.468 e. The zero-order valence-electron chi connectivity index (χ0n) is 13.6. The Morgan fingerprint density at radius 3 is 2.50 bits per heavy atom. The van der Waals surface area contributed by atoms with Crippen molar-refractivity contribution in [2.24, 2.45) is 5.92 Å². The number of nitrogens with one attached hydrogen (secondary N) is 1. The van der Waals surface area contributed by atoms with Gasteiger partial charge in [-0.1, -0.05) is 20.3 Å². The number of aromatic nitrogens is 1. The minimum absolute atomic E-state index is 0.177. The first-order chi connectivity index (χ1) is 9.46. The van der Waals surface area contributed by atoms with Gasteiger partial charge in [0, 0.05) is 24.5 Å². The van der Waals surface area contributed by atoms with E-state index in [-0.39, 0.29) is 17.9 Å². The van der Waals surface area contributed by atoms with Gasteiger partial charge >= 0.3 is 5.97 Å². The van der Waals surface area contributed by atoms with Crippen LogP contribution in [0.2, 0.25) is 0 Å². The Hall–Kier alpha value is -1.29. The van der Waals surface area contributed by atoms with Gasteiger partial charge in [0.15, 0.2) is 0 Å². The summed E-state index contributed by atoms with van der Waals surface area (Å²) in [4.78, 5) is 11.9. The molecule has 2 atom stereocenters. The van der Waals surface area contributed by atoms with Gasteiger partial charge in [0.1, 0.15) is 6.04 Å². The lowest BCUT2D eigenvalue weighted by atomic mass is 9.99. The second-order valence-electron chi connectivity index (χ2n) is 5.41. The highest BCUT2D eigenvalue weighted by molar-refractivity contribution is 5.76. The molecule has 1 aromatic rings. The molecule has 0 amide bonds. The van der Waals surface area contributed by atoms with E-state index in [4.69, 9.17) is 4.74 Å². The van der Waals surface area contributed by atoms with Crippen LogP contribution in [-0.2, 0) is 22.6 Å². The van der Waals surface area contributed by atoms with Crippen LogP contribution >= 0.6 is 0 Å². The van der Waals surface area contributed by atoms with Crippen LogP contribution in [0.4, 0.5) is 0 Å². The summed E-state index contributed by atoms with van der Waals surface area (Å²) in [5.41, 5.74) is 3.78. The van der Waals surface area contributed by atoms with Crippen LogP contribution in [0.1, 0.15) is 44.1 Å². The highest BCUT2D eigenvalue weighted by Crippen LogP contribution is 2.16. The van der Waals surface area contributed by atoms with Crippen LogP contribution in [0.3, 0.4) is 0 Å². The molecule has 2 unspecified atom stereocenters. The van der Waals surface area contributed by atoms with Crippen molar-refractivity contribution in [1.82, 2.24) is 9.88 Å². The van der Waals surface area contributed by atoms with Gasteiger partial charge in [-0.15, -0.1) is 0 Å². The number of hydrogen-bond acceptors (Lipinski definition) is 3. The lowest BCUT2D eigenvalue weighted by molar-refractivity contribution is -0.144. The molecule has 0 saturated heterocycles. The lowest BCUT2D eigenvalue weighted by Gasteiger charge is -2.22. The molecular weight excluding hydrogens is 252 g/mol. The van der Waals surface area contributed by atoms with Crippen LogP contribution in [0.5, 0.6) is 0 Å². The zero-order valence-corrected chi connectivity index (χ0v) is 13.6. The topological polar surface area (TPSA) is 43.3 Å². The Kier molecular flexibility index (Phi) is 6.27. The molecule has 1 N–H and O–H groups in total. The fourth-order valence-corrected chi connectivity index (χ4v) is 2.64. The monoisotopic (exact) mass is 280 g/mol. The minimum atomic E-state index is -0.241. The quantitative estimate of drug-likeness (QED) is 0.781. The van der Waals surface area contributed by atoms with E-state index in [1.54, 1.807) is 0 Å². The number of carbonyl (C=O) groups is 1. The van der Waals surface area contributed by atoms with Gasteiger partial charge in [-0.05, 0) is 38.3 Å². The average Bonchev–Trinajstić information content (AvgIpc) is 2.72. The van der Waals surface area contributed by atoms with Crippen LogP contribution in [-0.4, -0.2) is 23.7 Å². The molecule has 114 valence electrons. The van der Waals surface area contributed by atoms with Crippen molar-refractivity contribution >= 4 is 5.97 Å². The van der Waals surface area contributed by atoms with E-state index in [0.29, 0.717) is 6.54 Å². The molecule has 1 aromatic heterocycles. The van der Waals surface area contributed by atoms with Gasteiger partial charge in [-0.25, -0.2) is 0 Å². The summed E-state index contributed by atoms with van der Waals surface area (Å²) in [5, 5.41) is 3.36. The van der Waals surface area contributed by atoms with E-state index in [9.17, 15) is 4.79 Å². The molecule has 0 aliphatic heterocycles. The molecule has 0 radical (unpaired) electrons. The summed E-state index contributed by atoms with van der Waals surface area (Å²) in [7, 11) is 1.45. The second-order valence-corrected chi connectivity index (χ2v) is 5.41. The number of methoxy groups -OCH3 is 1. The number of aryl methyl sites for hydroxylation is 1. The third-order valence-electron chi connectivity index (χ3n) is 4.18. The fourth-order valence-electron chi connectivity index (χ4n) is 2.64. The molecule has 0 aromatic carbocycles. The highest BCUT2D eigenvalue weighted by Gasteiger charge is 2.24. The fraction of sp³-hybridized carbons (Fsp3) is 0.688. The average molecular weight is 280 g/mol.